The molecule has 0 aliphatic rings. The molecule has 0 fully saturated rings. The van der Waals surface area contributed by atoms with Crippen LogP contribution in [0.2, 0.25) is 0 Å². The topological polar surface area (TPSA) is 58.8 Å². The molecule has 0 saturated heterocycles. The molecule has 19 heavy (non-hydrogen) atoms. The SMILES string of the molecule is COCC(O)CCNCc1cnc2ccc(C)cn12. The number of aliphatic hydroxyl groups excluding tert-OH is 1. The second kappa shape index (κ2) is 6.65. The first-order chi connectivity index (χ1) is 9.20. The minimum atomic E-state index is -0.401. The van der Waals surface area contributed by atoms with Crippen LogP contribution >= 0.6 is 0 Å². The fourth-order valence-corrected chi connectivity index (χ4v) is 2.03. The minimum absolute atomic E-state index is 0.385. The first-order valence-electron chi connectivity index (χ1n) is 6.51. The Balaban J connectivity index is 1.86. The molecule has 0 spiro atoms. The van der Waals surface area contributed by atoms with Crippen LogP contribution in [0.3, 0.4) is 0 Å². The molecule has 5 heteroatoms. The maximum atomic E-state index is 9.53. The van der Waals surface area contributed by atoms with E-state index in [4.69, 9.17) is 4.74 Å². The fourth-order valence-electron chi connectivity index (χ4n) is 2.03. The molecule has 1 atom stereocenters. The molecular weight excluding hydrogens is 242 g/mol. The number of aliphatic hydroxyl groups is 1. The van der Waals surface area contributed by atoms with Crippen molar-refractivity contribution in [1.29, 1.82) is 0 Å². The van der Waals surface area contributed by atoms with Crippen molar-refractivity contribution in [2.24, 2.45) is 0 Å². The Hall–Kier alpha value is -1.43. The van der Waals surface area contributed by atoms with E-state index in [9.17, 15) is 5.11 Å². The number of fused-ring (bicyclic) bond motifs is 1. The average Bonchev–Trinajstić information content (AvgIpc) is 2.77. The molecule has 0 aliphatic heterocycles. The molecule has 0 saturated carbocycles. The van der Waals surface area contributed by atoms with Gasteiger partial charge in [-0.15, -0.1) is 0 Å². The summed E-state index contributed by atoms with van der Waals surface area (Å²) >= 11 is 0. The Kier molecular flexibility index (Phi) is 4.90. The van der Waals surface area contributed by atoms with Crippen LogP contribution in [0, 0.1) is 6.92 Å². The number of nitrogens with one attached hydrogen (secondary N) is 1. The monoisotopic (exact) mass is 263 g/mol. The maximum absolute atomic E-state index is 9.53. The van der Waals surface area contributed by atoms with Gasteiger partial charge in [0.05, 0.1) is 24.6 Å². The van der Waals surface area contributed by atoms with Gasteiger partial charge in [-0.25, -0.2) is 4.98 Å². The van der Waals surface area contributed by atoms with E-state index in [1.54, 1.807) is 7.11 Å². The van der Waals surface area contributed by atoms with E-state index in [1.807, 2.05) is 12.3 Å². The predicted molar refractivity (Wildman–Crippen MR) is 74.1 cm³/mol. The smallest absolute Gasteiger partial charge is 0.136 e. The third-order valence-electron chi connectivity index (χ3n) is 3.05. The summed E-state index contributed by atoms with van der Waals surface area (Å²) in [5, 5.41) is 12.8. The maximum Gasteiger partial charge on any atom is 0.136 e. The highest BCUT2D eigenvalue weighted by Crippen LogP contribution is 2.08. The van der Waals surface area contributed by atoms with Crippen LogP contribution in [-0.4, -0.2) is 40.9 Å². The summed E-state index contributed by atoms with van der Waals surface area (Å²) in [7, 11) is 1.59. The van der Waals surface area contributed by atoms with Crippen molar-refractivity contribution in [3.8, 4) is 0 Å². The third-order valence-corrected chi connectivity index (χ3v) is 3.05. The molecule has 1 unspecified atom stereocenters. The fraction of sp³-hybridized carbons (Fsp3) is 0.500. The van der Waals surface area contributed by atoms with Gasteiger partial charge < -0.3 is 19.6 Å². The molecule has 0 aromatic carbocycles. The molecule has 2 heterocycles. The summed E-state index contributed by atoms with van der Waals surface area (Å²) in [6.45, 7) is 3.95. The number of aromatic nitrogens is 2. The molecule has 0 aliphatic carbocycles. The molecule has 0 amide bonds. The van der Waals surface area contributed by atoms with E-state index in [0.29, 0.717) is 13.0 Å². The molecule has 2 N–H and O–H groups in total. The van der Waals surface area contributed by atoms with Gasteiger partial charge >= 0.3 is 0 Å². The molecular formula is C14H21N3O2. The van der Waals surface area contributed by atoms with E-state index in [2.05, 4.69) is 33.9 Å². The van der Waals surface area contributed by atoms with Gasteiger partial charge in [-0.2, -0.15) is 0 Å². The van der Waals surface area contributed by atoms with Gasteiger partial charge in [0.15, 0.2) is 0 Å². The van der Waals surface area contributed by atoms with Gasteiger partial charge in [-0.1, -0.05) is 6.07 Å². The number of nitrogens with zero attached hydrogens (tertiary/aromatic N) is 2. The van der Waals surface area contributed by atoms with Gasteiger partial charge in [-0.3, -0.25) is 0 Å². The van der Waals surface area contributed by atoms with Crippen LogP contribution in [0.4, 0.5) is 0 Å². The van der Waals surface area contributed by atoms with Crippen LogP contribution in [0.5, 0.6) is 0 Å². The van der Waals surface area contributed by atoms with Crippen molar-refractivity contribution in [3.05, 3.63) is 35.8 Å². The molecule has 104 valence electrons. The highest BCUT2D eigenvalue weighted by molar-refractivity contribution is 5.41. The van der Waals surface area contributed by atoms with E-state index >= 15 is 0 Å². The van der Waals surface area contributed by atoms with Crippen molar-refractivity contribution in [3.63, 3.8) is 0 Å². The largest absolute Gasteiger partial charge is 0.391 e. The first kappa shape index (κ1) is 14.0. The highest BCUT2D eigenvalue weighted by atomic mass is 16.5. The lowest BCUT2D eigenvalue weighted by molar-refractivity contribution is 0.0594. The Morgan fingerprint density at radius 3 is 3.11 bits per heavy atom. The van der Waals surface area contributed by atoms with E-state index in [-0.39, 0.29) is 0 Å². The summed E-state index contributed by atoms with van der Waals surface area (Å²) in [6, 6.07) is 4.07. The quantitative estimate of drug-likeness (QED) is 0.735. The van der Waals surface area contributed by atoms with Gasteiger partial charge in [0, 0.05) is 19.9 Å². The zero-order valence-corrected chi connectivity index (χ0v) is 11.5. The Morgan fingerprint density at radius 2 is 2.32 bits per heavy atom. The summed E-state index contributed by atoms with van der Waals surface area (Å²) in [6.07, 6.45) is 4.25. The van der Waals surface area contributed by atoms with E-state index in [0.717, 1.165) is 24.4 Å². The van der Waals surface area contributed by atoms with Crippen molar-refractivity contribution >= 4 is 5.65 Å². The van der Waals surface area contributed by atoms with Gasteiger partial charge in [0.2, 0.25) is 0 Å². The molecule has 2 aromatic rings. The third kappa shape index (κ3) is 3.76. The summed E-state index contributed by atoms with van der Waals surface area (Å²) in [4.78, 5) is 4.36. The van der Waals surface area contributed by atoms with Crippen molar-refractivity contribution in [2.45, 2.75) is 26.0 Å². The zero-order chi connectivity index (χ0) is 13.7. The number of methoxy groups -OCH3 is 1. The minimum Gasteiger partial charge on any atom is -0.391 e. The number of aryl methyl sites for hydroxylation is 1. The number of rotatable bonds is 7. The summed E-state index contributed by atoms with van der Waals surface area (Å²) in [5.41, 5.74) is 3.30. The van der Waals surface area contributed by atoms with Crippen LogP contribution in [0.1, 0.15) is 17.7 Å². The van der Waals surface area contributed by atoms with E-state index < -0.39 is 6.10 Å². The summed E-state index contributed by atoms with van der Waals surface area (Å²) in [5.74, 6) is 0. The molecule has 2 aromatic heterocycles. The Bertz CT molecular complexity index is 524. The predicted octanol–water partition coefficient (Wildman–Crippen LogP) is 1.13. The lowest BCUT2D eigenvalue weighted by Gasteiger charge is -2.10. The lowest BCUT2D eigenvalue weighted by atomic mass is 10.2. The lowest BCUT2D eigenvalue weighted by Crippen LogP contribution is -2.23. The zero-order valence-electron chi connectivity index (χ0n) is 11.5. The number of ether oxygens (including phenoxy) is 1. The standard InChI is InChI=1S/C14H21N3O2/c1-11-3-4-14-16-8-12(17(14)9-11)7-15-6-5-13(18)10-19-2/h3-4,8-9,13,15,18H,5-7,10H2,1-2H3. The normalized spacial score (nSPS) is 13.0. The van der Waals surface area contributed by atoms with Crippen LogP contribution < -0.4 is 5.32 Å². The molecule has 5 nitrogen and oxygen atoms in total. The van der Waals surface area contributed by atoms with Crippen LogP contribution in [-0.2, 0) is 11.3 Å². The number of imidazole rings is 1. The molecule has 2 rings (SSSR count). The van der Waals surface area contributed by atoms with Crippen molar-refractivity contribution in [2.75, 3.05) is 20.3 Å². The Labute approximate surface area is 113 Å². The highest BCUT2D eigenvalue weighted by Gasteiger charge is 2.05. The van der Waals surface area contributed by atoms with Gasteiger partial charge in [0.1, 0.15) is 5.65 Å². The number of pyridine rings is 1. The number of hydrogen-bond donors (Lipinski definition) is 2. The molecule has 0 radical (unpaired) electrons. The second-order valence-electron chi connectivity index (χ2n) is 4.76. The second-order valence-corrected chi connectivity index (χ2v) is 4.76. The molecule has 0 bridgehead atoms. The number of hydrogen-bond acceptors (Lipinski definition) is 4. The van der Waals surface area contributed by atoms with Gasteiger partial charge in [-0.05, 0) is 31.5 Å². The van der Waals surface area contributed by atoms with Crippen molar-refractivity contribution in [1.82, 2.24) is 14.7 Å². The van der Waals surface area contributed by atoms with Crippen LogP contribution in [0.15, 0.2) is 24.5 Å². The van der Waals surface area contributed by atoms with E-state index in [1.165, 1.54) is 5.56 Å². The summed E-state index contributed by atoms with van der Waals surface area (Å²) < 4.78 is 6.98. The average molecular weight is 263 g/mol. The van der Waals surface area contributed by atoms with Crippen molar-refractivity contribution < 1.29 is 9.84 Å². The van der Waals surface area contributed by atoms with Crippen LogP contribution in [0.25, 0.3) is 5.65 Å². The first-order valence-corrected chi connectivity index (χ1v) is 6.51. The Morgan fingerprint density at radius 1 is 1.47 bits per heavy atom. The van der Waals surface area contributed by atoms with Gasteiger partial charge in [0.25, 0.3) is 0 Å².